The molecule has 0 bridgehead atoms. The highest BCUT2D eigenvalue weighted by Gasteiger charge is 2.35. The number of nitrogens with zero attached hydrogens (tertiary/aromatic N) is 2. The van der Waals surface area contributed by atoms with Gasteiger partial charge in [0.05, 0.1) is 5.56 Å². The van der Waals surface area contributed by atoms with Gasteiger partial charge in [-0.1, -0.05) is 54.6 Å². The number of carbonyl (C=O) groups is 1. The van der Waals surface area contributed by atoms with E-state index in [0.29, 0.717) is 37.3 Å². The third-order valence-electron chi connectivity index (χ3n) is 5.85. The molecular weight excluding hydrogens is 425 g/mol. The van der Waals surface area contributed by atoms with Crippen LogP contribution in [0.15, 0.2) is 72.8 Å². The van der Waals surface area contributed by atoms with Crippen molar-refractivity contribution in [1.82, 2.24) is 4.90 Å². The van der Waals surface area contributed by atoms with Crippen molar-refractivity contribution >= 4 is 17.7 Å². The first kappa shape index (κ1) is 22.6. The molecule has 0 N–H and O–H groups in total. The number of hydrogen-bond acceptors (Lipinski definition) is 2. The molecule has 6 heteroatoms. The van der Waals surface area contributed by atoms with E-state index in [9.17, 15) is 18.0 Å². The fourth-order valence-electron chi connectivity index (χ4n) is 4.11. The summed E-state index contributed by atoms with van der Waals surface area (Å²) in [7, 11) is 0. The Kier molecular flexibility index (Phi) is 6.54. The summed E-state index contributed by atoms with van der Waals surface area (Å²) in [5, 5.41) is 0. The predicted molar refractivity (Wildman–Crippen MR) is 125 cm³/mol. The summed E-state index contributed by atoms with van der Waals surface area (Å²) < 4.78 is 41.3. The predicted octanol–water partition coefficient (Wildman–Crippen LogP) is 5.84. The van der Waals surface area contributed by atoms with Crippen molar-refractivity contribution in [2.24, 2.45) is 0 Å². The summed E-state index contributed by atoms with van der Waals surface area (Å²) in [5.74, 6) is -0.208. The summed E-state index contributed by atoms with van der Waals surface area (Å²) >= 11 is 0. The summed E-state index contributed by atoms with van der Waals surface area (Å²) in [4.78, 5) is 16.7. The fourth-order valence-corrected chi connectivity index (χ4v) is 4.11. The highest BCUT2D eigenvalue weighted by molar-refractivity contribution is 5.94. The number of hydrogen-bond donors (Lipinski definition) is 0. The maximum absolute atomic E-state index is 13.8. The number of anilines is 1. The zero-order chi connectivity index (χ0) is 23.4. The van der Waals surface area contributed by atoms with E-state index in [1.807, 2.05) is 30.3 Å². The number of halogens is 3. The lowest BCUT2D eigenvalue weighted by Gasteiger charge is -2.35. The Bertz CT molecular complexity index is 1150. The molecule has 0 spiro atoms. The normalized spacial score (nSPS) is 14.7. The van der Waals surface area contributed by atoms with Crippen molar-refractivity contribution in [3.05, 3.63) is 95.6 Å². The van der Waals surface area contributed by atoms with Crippen LogP contribution in [0.2, 0.25) is 0 Å². The first-order valence-electron chi connectivity index (χ1n) is 10.8. The molecule has 1 saturated heterocycles. The summed E-state index contributed by atoms with van der Waals surface area (Å²) in [5.41, 5.74) is 1.87. The van der Waals surface area contributed by atoms with Crippen molar-refractivity contribution in [3.63, 3.8) is 0 Å². The fraction of sp³-hybridized carbons (Fsp3) is 0.222. The third kappa shape index (κ3) is 5.11. The van der Waals surface area contributed by atoms with E-state index in [2.05, 4.69) is 11.0 Å². The van der Waals surface area contributed by atoms with Gasteiger partial charge in [-0.15, -0.1) is 0 Å². The maximum atomic E-state index is 13.8. The largest absolute Gasteiger partial charge is 0.417 e. The second kappa shape index (κ2) is 9.53. The lowest BCUT2D eigenvalue weighted by Crippen LogP contribution is -2.48. The smallest absolute Gasteiger partial charge is 0.368 e. The number of benzene rings is 3. The van der Waals surface area contributed by atoms with Gasteiger partial charge in [0.1, 0.15) is 0 Å². The molecule has 1 amide bonds. The first-order chi connectivity index (χ1) is 15.8. The molecule has 1 radical (unpaired) electrons. The molecule has 33 heavy (non-hydrogen) atoms. The van der Waals surface area contributed by atoms with E-state index in [4.69, 9.17) is 0 Å². The average molecular weight is 449 g/mol. The summed E-state index contributed by atoms with van der Waals surface area (Å²) in [6.07, 6.45) is -1.70. The van der Waals surface area contributed by atoms with Crippen LogP contribution in [0.3, 0.4) is 0 Å². The molecule has 169 valence electrons. The number of rotatable bonds is 4. The Morgan fingerprint density at radius 3 is 2.27 bits per heavy atom. The topological polar surface area (TPSA) is 23.6 Å². The third-order valence-corrected chi connectivity index (χ3v) is 5.85. The van der Waals surface area contributed by atoms with Crippen LogP contribution in [0.1, 0.15) is 16.7 Å². The SMILES string of the molecule is Cc1ccccc1-c1c(C(F)(F)F)[c]ccc1/C=C/C(=O)N1CCN(c2ccccc2)CC1. The second-order valence-electron chi connectivity index (χ2n) is 7.98. The van der Waals surface area contributed by atoms with Crippen LogP contribution in [0, 0.1) is 13.0 Å². The monoisotopic (exact) mass is 449 g/mol. The summed E-state index contributed by atoms with van der Waals surface area (Å²) in [6, 6.07) is 22.1. The molecule has 0 saturated carbocycles. The van der Waals surface area contributed by atoms with Gasteiger partial charge in [0.2, 0.25) is 5.91 Å². The number of alkyl halides is 3. The standard InChI is InChI=1S/C27H24F3N2O/c1-20-8-5-6-12-23(20)26-21(9-7-13-24(26)27(28,29)30)14-15-25(33)32-18-16-31(17-19-32)22-10-3-2-4-11-22/h2-12,14-15H,16-19H2,1H3/b15-14+. The van der Waals surface area contributed by atoms with Gasteiger partial charge < -0.3 is 9.80 Å². The number of para-hydroxylation sites is 1. The Hall–Kier alpha value is -3.54. The molecule has 1 fully saturated rings. The second-order valence-corrected chi connectivity index (χ2v) is 7.98. The molecule has 1 aliphatic rings. The van der Waals surface area contributed by atoms with Gasteiger partial charge in [0.15, 0.2) is 0 Å². The van der Waals surface area contributed by atoms with Gasteiger partial charge in [-0.3, -0.25) is 4.79 Å². The van der Waals surface area contributed by atoms with E-state index in [0.717, 1.165) is 11.3 Å². The minimum absolute atomic E-state index is 0.0426. The average Bonchev–Trinajstić information content (AvgIpc) is 2.83. The van der Waals surface area contributed by atoms with Crippen molar-refractivity contribution in [1.29, 1.82) is 0 Å². The van der Waals surface area contributed by atoms with Crippen LogP contribution < -0.4 is 4.90 Å². The van der Waals surface area contributed by atoms with Crippen LogP contribution in [0.5, 0.6) is 0 Å². The molecule has 0 atom stereocenters. The molecule has 3 aromatic rings. The van der Waals surface area contributed by atoms with Gasteiger partial charge in [0, 0.05) is 43.5 Å². The lowest BCUT2D eigenvalue weighted by molar-refractivity contribution is -0.137. The number of aryl methyl sites for hydroxylation is 1. The van der Waals surface area contributed by atoms with Gasteiger partial charge in [-0.25, -0.2) is 0 Å². The molecular formula is C27H24F3N2O. The van der Waals surface area contributed by atoms with E-state index in [-0.39, 0.29) is 11.5 Å². The lowest BCUT2D eigenvalue weighted by atomic mass is 9.91. The van der Waals surface area contributed by atoms with Gasteiger partial charge in [-0.2, -0.15) is 13.2 Å². The molecule has 0 aromatic heterocycles. The maximum Gasteiger partial charge on any atom is 0.417 e. The Morgan fingerprint density at radius 1 is 0.939 bits per heavy atom. The Morgan fingerprint density at radius 2 is 1.61 bits per heavy atom. The molecule has 0 unspecified atom stereocenters. The van der Waals surface area contributed by atoms with Crippen LogP contribution in [0.4, 0.5) is 18.9 Å². The van der Waals surface area contributed by atoms with Crippen molar-refractivity contribution in [3.8, 4) is 11.1 Å². The van der Waals surface area contributed by atoms with Gasteiger partial charge >= 0.3 is 6.18 Å². The molecule has 4 rings (SSSR count). The molecule has 1 aliphatic heterocycles. The van der Waals surface area contributed by atoms with E-state index in [1.54, 1.807) is 42.2 Å². The number of amides is 1. The molecule has 0 aliphatic carbocycles. The van der Waals surface area contributed by atoms with E-state index in [1.165, 1.54) is 18.2 Å². The highest BCUT2D eigenvalue weighted by Crippen LogP contribution is 2.40. The Balaban J connectivity index is 1.56. The van der Waals surface area contributed by atoms with Crippen molar-refractivity contribution in [2.45, 2.75) is 13.1 Å². The molecule has 3 nitrogen and oxygen atoms in total. The summed E-state index contributed by atoms with van der Waals surface area (Å²) in [6.45, 7) is 4.29. The van der Waals surface area contributed by atoms with Gasteiger partial charge in [-0.05, 0) is 47.9 Å². The van der Waals surface area contributed by atoms with E-state index < -0.39 is 11.7 Å². The van der Waals surface area contributed by atoms with E-state index >= 15 is 0 Å². The Labute approximate surface area is 191 Å². The zero-order valence-electron chi connectivity index (χ0n) is 18.3. The molecule has 1 heterocycles. The number of carbonyl (C=O) groups excluding carboxylic acids is 1. The van der Waals surface area contributed by atoms with Crippen molar-refractivity contribution < 1.29 is 18.0 Å². The zero-order valence-corrected chi connectivity index (χ0v) is 18.3. The molecule has 3 aromatic carbocycles. The number of piperazine rings is 1. The minimum atomic E-state index is -4.56. The van der Waals surface area contributed by atoms with Crippen molar-refractivity contribution in [2.75, 3.05) is 31.1 Å². The van der Waals surface area contributed by atoms with Crippen LogP contribution in [-0.4, -0.2) is 37.0 Å². The van der Waals surface area contributed by atoms with Crippen LogP contribution in [-0.2, 0) is 11.0 Å². The van der Waals surface area contributed by atoms with Crippen LogP contribution >= 0.6 is 0 Å². The van der Waals surface area contributed by atoms with Crippen LogP contribution in [0.25, 0.3) is 17.2 Å². The minimum Gasteiger partial charge on any atom is -0.368 e. The first-order valence-corrected chi connectivity index (χ1v) is 10.8. The quantitative estimate of drug-likeness (QED) is 0.467. The van der Waals surface area contributed by atoms with Gasteiger partial charge in [0.25, 0.3) is 0 Å². The highest BCUT2D eigenvalue weighted by atomic mass is 19.4.